The summed E-state index contributed by atoms with van der Waals surface area (Å²) in [5, 5.41) is 0. The minimum atomic E-state index is -3.41. The van der Waals surface area contributed by atoms with Gasteiger partial charge < -0.3 is 0 Å². The van der Waals surface area contributed by atoms with Gasteiger partial charge in [-0.15, -0.1) is 11.6 Å². The van der Waals surface area contributed by atoms with Gasteiger partial charge in [0.2, 0.25) is 10.0 Å². The SMILES string of the molecule is CCN(Cc1ccc(F)c(F)c1)S(=O)(=O)CCCCCl. The second kappa shape index (κ2) is 7.90. The van der Waals surface area contributed by atoms with Crippen molar-refractivity contribution >= 4 is 21.6 Å². The average Bonchev–Trinajstić information content (AvgIpc) is 2.40. The van der Waals surface area contributed by atoms with Gasteiger partial charge in [0, 0.05) is 19.0 Å². The molecule has 0 bridgehead atoms. The molecule has 0 aromatic heterocycles. The number of alkyl halides is 1. The third kappa shape index (κ3) is 5.00. The lowest BCUT2D eigenvalue weighted by Gasteiger charge is -2.20. The minimum Gasteiger partial charge on any atom is -0.212 e. The van der Waals surface area contributed by atoms with E-state index in [0.29, 0.717) is 24.3 Å². The number of sulfonamides is 1. The Labute approximate surface area is 123 Å². The maximum absolute atomic E-state index is 13.1. The molecule has 0 radical (unpaired) electrons. The van der Waals surface area contributed by atoms with Gasteiger partial charge in [0.05, 0.1) is 5.75 Å². The van der Waals surface area contributed by atoms with Crippen LogP contribution in [0.5, 0.6) is 0 Å². The third-order valence-corrected chi connectivity index (χ3v) is 5.12. The van der Waals surface area contributed by atoms with Crippen molar-refractivity contribution < 1.29 is 17.2 Å². The molecule has 0 saturated heterocycles. The standard InChI is InChI=1S/C13H18ClF2NO2S/c1-2-17(20(18,19)8-4-3-7-14)10-11-5-6-12(15)13(16)9-11/h5-6,9H,2-4,7-8,10H2,1H3. The fourth-order valence-corrected chi connectivity index (χ4v) is 3.51. The van der Waals surface area contributed by atoms with Crippen molar-refractivity contribution in [2.45, 2.75) is 26.3 Å². The Bertz CT molecular complexity index is 537. The predicted molar refractivity (Wildman–Crippen MR) is 76.2 cm³/mol. The van der Waals surface area contributed by atoms with E-state index in [1.807, 2.05) is 0 Å². The Balaban J connectivity index is 2.77. The highest BCUT2D eigenvalue weighted by molar-refractivity contribution is 7.89. The van der Waals surface area contributed by atoms with Gasteiger partial charge in [-0.1, -0.05) is 13.0 Å². The van der Waals surface area contributed by atoms with Crippen LogP contribution in [-0.2, 0) is 16.6 Å². The lowest BCUT2D eigenvalue weighted by molar-refractivity contribution is 0.420. The van der Waals surface area contributed by atoms with Crippen molar-refractivity contribution in [1.82, 2.24) is 4.31 Å². The van der Waals surface area contributed by atoms with E-state index >= 15 is 0 Å². The first-order valence-electron chi connectivity index (χ1n) is 6.38. The zero-order chi connectivity index (χ0) is 15.2. The monoisotopic (exact) mass is 325 g/mol. The quantitative estimate of drug-likeness (QED) is 0.544. The summed E-state index contributed by atoms with van der Waals surface area (Å²) in [5.74, 6) is -1.48. The maximum atomic E-state index is 13.1. The maximum Gasteiger partial charge on any atom is 0.214 e. The van der Waals surface area contributed by atoms with Gasteiger partial charge in [0.25, 0.3) is 0 Å². The molecule has 0 unspecified atom stereocenters. The first-order chi connectivity index (χ1) is 9.40. The highest BCUT2D eigenvalue weighted by atomic mass is 35.5. The van der Waals surface area contributed by atoms with Crippen LogP contribution >= 0.6 is 11.6 Å². The van der Waals surface area contributed by atoms with E-state index in [0.717, 1.165) is 12.1 Å². The first kappa shape index (κ1) is 17.3. The molecule has 114 valence electrons. The van der Waals surface area contributed by atoms with E-state index in [-0.39, 0.29) is 18.8 Å². The number of hydrogen-bond acceptors (Lipinski definition) is 2. The number of benzene rings is 1. The Morgan fingerprint density at radius 1 is 1.20 bits per heavy atom. The van der Waals surface area contributed by atoms with Gasteiger partial charge in [-0.2, -0.15) is 4.31 Å². The molecule has 1 aromatic rings. The van der Waals surface area contributed by atoms with E-state index in [1.54, 1.807) is 6.92 Å². The fourth-order valence-electron chi connectivity index (χ4n) is 1.76. The van der Waals surface area contributed by atoms with Gasteiger partial charge in [-0.05, 0) is 30.5 Å². The molecule has 0 atom stereocenters. The summed E-state index contributed by atoms with van der Waals surface area (Å²) in [6, 6.07) is 3.40. The average molecular weight is 326 g/mol. The Morgan fingerprint density at radius 3 is 2.45 bits per heavy atom. The van der Waals surface area contributed by atoms with E-state index in [2.05, 4.69) is 0 Å². The molecule has 7 heteroatoms. The van der Waals surface area contributed by atoms with E-state index < -0.39 is 21.7 Å². The smallest absolute Gasteiger partial charge is 0.212 e. The van der Waals surface area contributed by atoms with Crippen molar-refractivity contribution in [3.05, 3.63) is 35.4 Å². The van der Waals surface area contributed by atoms with E-state index in [4.69, 9.17) is 11.6 Å². The summed E-state index contributed by atoms with van der Waals surface area (Å²) in [6.45, 7) is 2.03. The predicted octanol–water partition coefficient (Wildman–Crippen LogP) is 3.14. The summed E-state index contributed by atoms with van der Waals surface area (Å²) in [4.78, 5) is 0. The summed E-state index contributed by atoms with van der Waals surface area (Å²) in [7, 11) is -3.41. The molecule has 0 saturated carbocycles. The Hall–Kier alpha value is -0.720. The van der Waals surface area contributed by atoms with Gasteiger partial charge in [0.15, 0.2) is 11.6 Å². The summed E-state index contributed by atoms with van der Waals surface area (Å²) in [6.07, 6.45) is 1.11. The highest BCUT2D eigenvalue weighted by Gasteiger charge is 2.20. The van der Waals surface area contributed by atoms with Crippen LogP contribution in [0.2, 0.25) is 0 Å². The molecule has 0 heterocycles. The molecule has 0 spiro atoms. The lowest BCUT2D eigenvalue weighted by Crippen LogP contribution is -2.32. The van der Waals surface area contributed by atoms with Crippen LogP contribution in [0.15, 0.2) is 18.2 Å². The number of hydrogen-bond donors (Lipinski definition) is 0. The van der Waals surface area contributed by atoms with Crippen LogP contribution in [0.1, 0.15) is 25.3 Å². The van der Waals surface area contributed by atoms with Crippen molar-refractivity contribution in [3.63, 3.8) is 0 Å². The summed E-state index contributed by atoms with van der Waals surface area (Å²) < 4.78 is 51.4. The number of rotatable bonds is 8. The second-order valence-corrected chi connectivity index (χ2v) is 6.85. The highest BCUT2D eigenvalue weighted by Crippen LogP contribution is 2.14. The molecule has 0 fully saturated rings. The largest absolute Gasteiger partial charge is 0.214 e. The van der Waals surface area contributed by atoms with Crippen LogP contribution in [-0.4, -0.2) is 30.9 Å². The third-order valence-electron chi connectivity index (χ3n) is 2.87. The van der Waals surface area contributed by atoms with Gasteiger partial charge in [0.1, 0.15) is 0 Å². The molecule has 0 aliphatic rings. The fraction of sp³-hybridized carbons (Fsp3) is 0.538. The molecular weight excluding hydrogens is 308 g/mol. The van der Waals surface area contributed by atoms with Crippen molar-refractivity contribution in [1.29, 1.82) is 0 Å². The zero-order valence-electron chi connectivity index (χ0n) is 11.3. The summed E-state index contributed by atoms with van der Waals surface area (Å²) >= 11 is 5.52. The van der Waals surface area contributed by atoms with Crippen molar-refractivity contribution in [2.24, 2.45) is 0 Å². The molecule has 3 nitrogen and oxygen atoms in total. The van der Waals surface area contributed by atoms with Crippen LogP contribution in [0.4, 0.5) is 8.78 Å². The van der Waals surface area contributed by atoms with Gasteiger partial charge in [-0.25, -0.2) is 17.2 Å². The van der Waals surface area contributed by atoms with Gasteiger partial charge >= 0.3 is 0 Å². The van der Waals surface area contributed by atoms with Crippen LogP contribution < -0.4 is 0 Å². The van der Waals surface area contributed by atoms with Crippen molar-refractivity contribution in [2.75, 3.05) is 18.2 Å². The minimum absolute atomic E-state index is 0.0111. The normalized spacial score (nSPS) is 12.1. The molecule has 0 aliphatic heterocycles. The first-order valence-corrected chi connectivity index (χ1v) is 8.52. The molecule has 1 rings (SSSR count). The molecule has 20 heavy (non-hydrogen) atoms. The van der Waals surface area contributed by atoms with Crippen LogP contribution in [0.25, 0.3) is 0 Å². The number of unbranched alkanes of at least 4 members (excludes halogenated alkanes) is 1. The molecule has 0 N–H and O–H groups in total. The molecule has 0 aliphatic carbocycles. The molecule has 1 aromatic carbocycles. The second-order valence-electron chi connectivity index (χ2n) is 4.39. The Morgan fingerprint density at radius 2 is 1.90 bits per heavy atom. The number of nitrogens with zero attached hydrogens (tertiary/aromatic N) is 1. The lowest BCUT2D eigenvalue weighted by atomic mass is 10.2. The van der Waals surface area contributed by atoms with Crippen LogP contribution in [0.3, 0.4) is 0 Å². The zero-order valence-corrected chi connectivity index (χ0v) is 12.9. The Kier molecular flexibility index (Phi) is 6.85. The van der Waals surface area contributed by atoms with Gasteiger partial charge in [-0.3, -0.25) is 0 Å². The summed E-state index contributed by atoms with van der Waals surface area (Å²) in [5.41, 5.74) is 0.423. The van der Waals surface area contributed by atoms with Crippen LogP contribution in [0, 0.1) is 11.6 Å². The molecular formula is C13H18ClF2NO2S. The number of halogens is 3. The molecule has 0 amide bonds. The van der Waals surface area contributed by atoms with E-state index in [1.165, 1.54) is 10.4 Å². The van der Waals surface area contributed by atoms with E-state index in [9.17, 15) is 17.2 Å². The van der Waals surface area contributed by atoms with Crippen molar-refractivity contribution in [3.8, 4) is 0 Å². The topological polar surface area (TPSA) is 37.4 Å².